The SMILES string of the molecule is CC(C)OC(=O)Nc1ccc(-c2ncc(-c3ccc(N4CC(c5ccccc5)OC4=O)cc3S(=O)[O-])s2)c(CC(C)(C)N)c1. The van der Waals surface area contributed by atoms with Gasteiger partial charge in [-0.3, -0.25) is 14.4 Å². The van der Waals surface area contributed by atoms with Gasteiger partial charge in [-0.2, -0.15) is 0 Å². The van der Waals surface area contributed by atoms with Crippen LogP contribution in [-0.2, 0) is 27.0 Å². The zero-order chi connectivity index (χ0) is 31.6. The second kappa shape index (κ2) is 12.9. The molecule has 5 rings (SSSR count). The van der Waals surface area contributed by atoms with Crippen molar-refractivity contribution in [3.05, 3.63) is 84.1 Å². The highest BCUT2D eigenvalue weighted by atomic mass is 32.2. The van der Waals surface area contributed by atoms with E-state index in [-0.39, 0.29) is 17.5 Å². The van der Waals surface area contributed by atoms with Crippen LogP contribution in [-0.4, -0.2) is 44.1 Å². The molecule has 2 atom stereocenters. The van der Waals surface area contributed by atoms with Crippen LogP contribution < -0.4 is 16.0 Å². The highest BCUT2D eigenvalue weighted by Crippen LogP contribution is 2.39. The minimum absolute atomic E-state index is 0.0418. The smallest absolute Gasteiger partial charge is 0.415 e. The highest BCUT2D eigenvalue weighted by molar-refractivity contribution is 7.79. The number of aromatic nitrogens is 1. The largest absolute Gasteiger partial charge is 0.768 e. The molecule has 0 bridgehead atoms. The summed E-state index contributed by atoms with van der Waals surface area (Å²) in [6, 6.07) is 19.7. The third-order valence-corrected chi connectivity index (χ3v) is 8.54. The zero-order valence-electron chi connectivity index (χ0n) is 24.7. The summed E-state index contributed by atoms with van der Waals surface area (Å²) in [6.07, 6.45) is 0.311. The van der Waals surface area contributed by atoms with Crippen molar-refractivity contribution < 1.29 is 27.8 Å². The van der Waals surface area contributed by atoms with Crippen molar-refractivity contribution in [1.82, 2.24) is 4.98 Å². The number of nitrogens with two attached hydrogens (primary N) is 1. The second-order valence-electron chi connectivity index (χ2n) is 11.5. The molecule has 0 aliphatic carbocycles. The molecule has 2 unspecified atom stereocenters. The monoisotopic (exact) mass is 633 g/mol. The van der Waals surface area contributed by atoms with Gasteiger partial charge >= 0.3 is 12.2 Å². The van der Waals surface area contributed by atoms with Gasteiger partial charge in [-0.15, -0.1) is 11.3 Å². The quantitative estimate of drug-likeness (QED) is 0.195. The molecule has 44 heavy (non-hydrogen) atoms. The Kier molecular flexibility index (Phi) is 9.16. The normalized spacial score (nSPS) is 15.8. The summed E-state index contributed by atoms with van der Waals surface area (Å²) in [5.41, 5.74) is 9.81. The third kappa shape index (κ3) is 7.33. The fourth-order valence-corrected chi connectivity index (χ4v) is 6.59. The van der Waals surface area contributed by atoms with Crippen molar-refractivity contribution in [1.29, 1.82) is 0 Å². The molecule has 0 spiro atoms. The third-order valence-electron chi connectivity index (χ3n) is 6.78. The molecular formula is C32H33N4O6S2-. The number of benzene rings is 3. The predicted octanol–water partition coefficient (Wildman–Crippen LogP) is 6.65. The first-order chi connectivity index (χ1) is 20.9. The fraction of sp³-hybridized carbons (Fsp3) is 0.281. The number of carbonyl (C=O) groups excluding carboxylic acids is 2. The summed E-state index contributed by atoms with van der Waals surface area (Å²) in [7, 11) is 0. The topological polar surface area (TPSA) is 147 Å². The van der Waals surface area contributed by atoms with Crippen LogP contribution in [0.2, 0.25) is 0 Å². The summed E-state index contributed by atoms with van der Waals surface area (Å²) in [5.74, 6) is 0. The van der Waals surface area contributed by atoms with E-state index in [1.807, 2.05) is 56.3 Å². The van der Waals surface area contributed by atoms with Crippen LogP contribution in [0.1, 0.15) is 44.9 Å². The maximum absolute atomic E-state index is 12.7. The number of anilines is 2. The fourth-order valence-electron chi connectivity index (χ4n) is 4.94. The maximum Gasteiger partial charge on any atom is 0.415 e. The molecule has 2 heterocycles. The summed E-state index contributed by atoms with van der Waals surface area (Å²) < 4.78 is 35.6. The Morgan fingerprint density at radius 2 is 1.91 bits per heavy atom. The highest BCUT2D eigenvalue weighted by Gasteiger charge is 2.33. The zero-order valence-corrected chi connectivity index (χ0v) is 26.4. The number of nitrogens with one attached hydrogen (secondary N) is 1. The first-order valence-electron chi connectivity index (χ1n) is 14.0. The number of rotatable bonds is 9. The molecule has 230 valence electrons. The number of thiazole rings is 1. The van der Waals surface area contributed by atoms with E-state index in [4.69, 9.17) is 15.2 Å². The van der Waals surface area contributed by atoms with Gasteiger partial charge in [0, 0.05) is 39.1 Å². The van der Waals surface area contributed by atoms with Gasteiger partial charge in [-0.1, -0.05) is 36.4 Å². The minimum Gasteiger partial charge on any atom is -0.768 e. The predicted molar refractivity (Wildman–Crippen MR) is 170 cm³/mol. The number of hydrogen-bond acceptors (Lipinski definition) is 9. The van der Waals surface area contributed by atoms with Gasteiger partial charge in [0.25, 0.3) is 0 Å². The first kappa shape index (κ1) is 31.3. The molecular weight excluding hydrogens is 601 g/mol. The van der Waals surface area contributed by atoms with Crippen LogP contribution in [0.25, 0.3) is 21.0 Å². The Bertz CT molecular complexity index is 1700. The molecule has 3 N–H and O–H groups in total. The van der Waals surface area contributed by atoms with Gasteiger partial charge in [0.05, 0.1) is 17.5 Å². The Balaban J connectivity index is 1.44. The van der Waals surface area contributed by atoms with Crippen molar-refractivity contribution in [2.24, 2.45) is 5.73 Å². The molecule has 1 saturated heterocycles. The summed E-state index contributed by atoms with van der Waals surface area (Å²) >= 11 is -1.26. The number of hydrogen-bond donors (Lipinski definition) is 2. The van der Waals surface area contributed by atoms with E-state index in [0.717, 1.165) is 16.7 Å². The van der Waals surface area contributed by atoms with E-state index in [0.29, 0.717) is 33.2 Å². The van der Waals surface area contributed by atoms with Crippen molar-refractivity contribution in [3.8, 4) is 21.0 Å². The molecule has 1 fully saturated rings. The molecule has 1 aliphatic heterocycles. The van der Waals surface area contributed by atoms with E-state index in [1.54, 1.807) is 38.2 Å². The van der Waals surface area contributed by atoms with Crippen molar-refractivity contribution >= 4 is 46.0 Å². The molecule has 0 saturated carbocycles. The van der Waals surface area contributed by atoms with E-state index in [2.05, 4.69) is 10.3 Å². The Labute approximate surface area is 262 Å². The van der Waals surface area contributed by atoms with Gasteiger partial charge in [-0.05, 0) is 86.7 Å². The van der Waals surface area contributed by atoms with Crippen LogP contribution in [0.15, 0.2) is 77.8 Å². The number of amides is 2. The van der Waals surface area contributed by atoms with E-state index in [9.17, 15) is 18.4 Å². The van der Waals surface area contributed by atoms with E-state index >= 15 is 0 Å². The van der Waals surface area contributed by atoms with Gasteiger partial charge in [0.2, 0.25) is 0 Å². The Morgan fingerprint density at radius 3 is 2.59 bits per heavy atom. The van der Waals surface area contributed by atoms with Crippen molar-refractivity contribution in [2.75, 3.05) is 16.8 Å². The average Bonchev–Trinajstić information content (AvgIpc) is 3.59. The average molecular weight is 634 g/mol. The summed E-state index contributed by atoms with van der Waals surface area (Å²) in [6.45, 7) is 7.62. The molecule has 1 aliphatic rings. The van der Waals surface area contributed by atoms with E-state index in [1.165, 1.54) is 22.3 Å². The van der Waals surface area contributed by atoms with Crippen LogP contribution in [0.5, 0.6) is 0 Å². The molecule has 4 aromatic rings. The number of cyclic esters (lactones) is 1. The van der Waals surface area contributed by atoms with Gasteiger partial charge < -0.3 is 19.8 Å². The summed E-state index contributed by atoms with van der Waals surface area (Å²) in [5, 5.41) is 3.41. The molecule has 0 radical (unpaired) electrons. The van der Waals surface area contributed by atoms with Crippen molar-refractivity contribution in [3.63, 3.8) is 0 Å². The van der Waals surface area contributed by atoms with Crippen LogP contribution >= 0.6 is 11.3 Å². The number of ether oxygens (including phenoxy) is 2. The molecule has 1 aromatic heterocycles. The van der Waals surface area contributed by atoms with Crippen molar-refractivity contribution in [2.45, 2.75) is 56.8 Å². The van der Waals surface area contributed by atoms with Crippen LogP contribution in [0, 0.1) is 0 Å². The standard InChI is InChI=1S/C32H34N4O6S2/c1-19(2)41-30(37)35-22-10-12-24(21(14-22)16-32(3,4)33)29-34-17-27(43-29)25-13-11-23(15-28(25)44(39)40)36-18-26(42-31(36)38)20-8-6-5-7-9-20/h5-15,17,19,26H,16,18,33H2,1-4H3,(H,35,37)(H,39,40)/p-1. The lowest BCUT2D eigenvalue weighted by atomic mass is 9.92. The van der Waals surface area contributed by atoms with Gasteiger partial charge in [-0.25, -0.2) is 14.6 Å². The molecule has 3 aromatic carbocycles. The minimum atomic E-state index is -2.59. The lowest BCUT2D eigenvalue weighted by molar-refractivity contribution is 0.130. The summed E-state index contributed by atoms with van der Waals surface area (Å²) in [4.78, 5) is 31.6. The van der Waals surface area contributed by atoms with Gasteiger partial charge in [0.15, 0.2) is 0 Å². The maximum atomic E-state index is 12.7. The number of nitrogens with zero attached hydrogens (tertiary/aromatic N) is 2. The molecule has 2 amide bonds. The Hall–Kier alpha value is -4.10. The number of carbonyl (C=O) groups is 2. The van der Waals surface area contributed by atoms with Crippen LogP contribution in [0.4, 0.5) is 21.0 Å². The second-order valence-corrected chi connectivity index (χ2v) is 13.4. The Morgan fingerprint density at radius 1 is 1.18 bits per heavy atom. The first-order valence-corrected chi connectivity index (χ1v) is 15.9. The lowest BCUT2D eigenvalue weighted by Gasteiger charge is -2.21. The van der Waals surface area contributed by atoms with E-state index < -0.39 is 34.9 Å². The lowest BCUT2D eigenvalue weighted by Crippen LogP contribution is -2.34. The van der Waals surface area contributed by atoms with Crippen LogP contribution in [0.3, 0.4) is 0 Å². The molecule has 10 nitrogen and oxygen atoms in total. The molecule has 12 heteroatoms. The van der Waals surface area contributed by atoms with Gasteiger partial charge in [0.1, 0.15) is 11.1 Å².